The Morgan fingerprint density at radius 3 is 2.68 bits per heavy atom. The number of nitrogens with zero attached hydrogens (tertiary/aromatic N) is 5. The number of pyridine rings is 1. The summed E-state index contributed by atoms with van der Waals surface area (Å²) < 4.78 is 49.1. The topological polar surface area (TPSA) is 96.1 Å². The number of aromatic nitrogens is 3. The second kappa shape index (κ2) is 10.3. The Balaban J connectivity index is 1.27. The third kappa shape index (κ3) is 5.31. The van der Waals surface area contributed by atoms with Gasteiger partial charge < -0.3 is 19.5 Å². The van der Waals surface area contributed by atoms with Gasteiger partial charge in [0.1, 0.15) is 23.9 Å². The molecule has 11 heteroatoms. The second-order valence-electron chi connectivity index (χ2n) is 10.2. The number of rotatable bonds is 7. The fourth-order valence-corrected chi connectivity index (χ4v) is 5.55. The molecule has 3 aromatic rings. The first-order chi connectivity index (χ1) is 18.1. The number of carbonyl (C=O) groups excluding carboxylic acids is 1. The summed E-state index contributed by atoms with van der Waals surface area (Å²) in [6.45, 7) is 0.111. The molecule has 2 aromatic heterocycles. The first kappa shape index (κ1) is 26.0. The molecule has 0 aliphatic carbocycles. The zero-order valence-electron chi connectivity index (χ0n) is 21.3. The Hall–Kier alpha value is -3.65. The van der Waals surface area contributed by atoms with E-state index in [1.807, 2.05) is 6.07 Å². The molecule has 200 valence electrons. The molecule has 2 atom stereocenters. The third-order valence-corrected chi connectivity index (χ3v) is 7.54. The molecule has 2 bridgehead atoms. The Bertz CT molecular complexity index is 1380. The van der Waals surface area contributed by atoms with Crippen LogP contribution in [0.3, 0.4) is 0 Å². The van der Waals surface area contributed by atoms with Gasteiger partial charge in [0.25, 0.3) is 0 Å². The van der Waals surface area contributed by atoms with E-state index >= 15 is 0 Å². The minimum absolute atomic E-state index is 0.0174. The number of hydrogen-bond donors (Lipinski definition) is 1. The van der Waals surface area contributed by atoms with Gasteiger partial charge in [-0.2, -0.15) is 18.4 Å². The van der Waals surface area contributed by atoms with E-state index in [1.165, 1.54) is 23.4 Å². The van der Waals surface area contributed by atoms with Crippen molar-refractivity contribution < 1.29 is 22.7 Å². The Labute approximate surface area is 218 Å². The minimum Gasteiger partial charge on any atom is -0.491 e. The van der Waals surface area contributed by atoms with E-state index in [2.05, 4.69) is 15.3 Å². The number of likely N-dealkylation sites (N-methyl/N-ethyl adjacent to an activating group) is 1. The number of benzene rings is 1. The molecule has 2 fully saturated rings. The molecule has 0 spiro atoms. The summed E-state index contributed by atoms with van der Waals surface area (Å²) in [5, 5.41) is 13.0. The number of hydrogen-bond acceptors (Lipinski definition) is 6. The van der Waals surface area contributed by atoms with E-state index in [-0.39, 0.29) is 41.8 Å². The number of ether oxygens (including phenoxy) is 1. The van der Waals surface area contributed by atoms with Crippen molar-refractivity contribution in [1.29, 1.82) is 5.26 Å². The average molecular weight is 527 g/mol. The number of fused-ring (bicyclic) bond motifs is 3. The Kier molecular flexibility index (Phi) is 7.01. The highest BCUT2D eigenvalue weighted by Gasteiger charge is 2.36. The normalized spacial score (nSPS) is 20.9. The summed E-state index contributed by atoms with van der Waals surface area (Å²) in [6, 6.07) is 8.27. The summed E-state index contributed by atoms with van der Waals surface area (Å²) in [5.41, 5.74) is 0.501. The maximum Gasteiger partial charge on any atom is 0.419 e. The van der Waals surface area contributed by atoms with Crippen molar-refractivity contribution in [3.8, 4) is 23.1 Å². The van der Waals surface area contributed by atoms with Gasteiger partial charge >= 0.3 is 6.18 Å². The molecule has 4 heterocycles. The lowest BCUT2D eigenvalue weighted by molar-refractivity contribution is -0.139. The lowest BCUT2D eigenvalue weighted by atomic mass is 9.89. The number of aryl methyl sites for hydroxylation is 1. The van der Waals surface area contributed by atoms with Gasteiger partial charge in [-0.05, 0) is 55.9 Å². The molecule has 0 radical (unpaired) electrons. The van der Waals surface area contributed by atoms with Crippen molar-refractivity contribution in [2.24, 2.45) is 13.0 Å². The highest BCUT2D eigenvalue weighted by Crippen LogP contribution is 2.39. The van der Waals surface area contributed by atoms with Crippen molar-refractivity contribution >= 4 is 16.9 Å². The SMILES string of the molecule is CN(CCOc1ccc(-c2cc3c(ncn3C)c(C#N)n2)cc1C(F)(F)F)C(=O)CC1CC2CCC(C1)N2. The largest absolute Gasteiger partial charge is 0.491 e. The van der Waals surface area contributed by atoms with Crippen LogP contribution < -0.4 is 10.1 Å². The van der Waals surface area contributed by atoms with Crippen LogP contribution in [0, 0.1) is 17.2 Å². The summed E-state index contributed by atoms with van der Waals surface area (Å²) in [4.78, 5) is 22.6. The molecule has 2 unspecified atom stereocenters. The van der Waals surface area contributed by atoms with Crippen LogP contribution in [-0.2, 0) is 18.0 Å². The minimum atomic E-state index is -4.67. The summed E-state index contributed by atoms with van der Waals surface area (Å²) in [6.07, 6.45) is 1.60. The smallest absolute Gasteiger partial charge is 0.419 e. The zero-order valence-corrected chi connectivity index (χ0v) is 21.3. The molecule has 38 heavy (non-hydrogen) atoms. The molecule has 2 aliphatic heterocycles. The number of alkyl halides is 3. The standard InChI is InChI=1S/C27H29F3N6O2/c1-35(25(37)11-16-9-18-4-5-19(10-16)33-18)7-8-38-24-6-3-17(12-20(24)27(28,29)30)21-13-23-26(22(14-31)34-21)32-15-36(23)2/h3,6,12-13,15-16,18-19,33H,4-5,7-11H2,1-2H3. The van der Waals surface area contributed by atoms with Crippen LogP contribution in [0.2, 0.25) is 0 Å². The molecular formula is C27H29F3N6O2. The van der Waals surface area contributed by atoms with Gasteiger partial charge in [-0.15, -0.1) is 0 Å². The van der Waals surface area contributed by atoms with Crippen LogP contribution in [0.4, 0.5) is 13.2 Å². The molecular weight excluding hydrogens is 497 g/mol. The van der Waals surface area contributed by atoms with Crippen LogP contribution >= 0.6 is 0 Å². The molecule has 1 amide bonds. The average Bonchev–Trinajstić information content (AvgIpc) is 3.43. The number of imidazole rings is 1. The Morgan fingerprint density at radius 2 is 2.00 bits per heavy atom. The van der Waals surface area contributed by atoms with Gasteiger partial charge in [0.15, 0.2) is 5.69 Å². The highest BCUT2D eigenvalue weighted by molar-refractivity contribution is 5.84. The van der Waals surface area contributed by atoms with Crippen molar-refractivity contribution in [1.82, 2.24) is 24.8 Å². The van der Waals surface area contributed by atoms with Gasteiger partial charge in [0.05, 0.1) is 29.6 Å². The summed E-state index contributed by atoms with van der Waals surface area (Å²) in [7, 11) is 3.39. The number of amides is 1. The number of nitriles is 1. The van der Waals surface area contributed by atoms with E-state index < -0.39 is 11.7 Å². The molecule has 5 rings (SSSR count). The van der Waals surface area contributed by atoms with Crippen LogP contribution in [-0.4, -0.2) is 57.6 Å². The van der Waals surface area contributed by atoms with E-state index in [0.717, 1.165) is 31.7 Å². The maximum absolute atomic E-state index is 14.0. The van der Waals surface area contributed by atoms with Gasteiger partial charge in [0, 0.05) is 38.2 Å². The maximum atomic E-state index is 14.0. The van der Waals surface area contributed by atoms with Gasteiger partial charge in [-0.1, -0.05) is 0 Å². The Morgan fingerprint density at radius 1 is 1.26 bits per heavy atom. The fraction of sp³-hybridized carbons (Fsp3) is 0.481. The van der Waals surface area contributed by atoms with Crippen LogP contribution in [0.1, 0.15) is 43.4 Å². The monoisotopic (exact) mass is 526 g/mol. The second-order valence-corrected chi connectivity index (χ2v) is 10.2. The van der Waals surface area contributed by atoms with Gasteiger partial charge in [0.2, 0.25) is 5.91 Å². The van der Waals surface area contributed by atoms with E-state index in [4.69, 9.17) is 4.74 Å². The molecule has 2 aliphatic rings. The van der Waals surface area contributed by atoms with Crippen molar-refractivity contribution in [3.63, 3.8) is 0 Å². The van der Waals surface area contributed by atoms with Gasteiger partial charge in [-0.3, -0.25) is 4.79 Å². The first-order valence-electron chi connectivity index (χ1n) is 12.7. The van der Waals surface area contributed by atoms with Crippen LogP contribution in [0.25, 0.3) is 22.3 Å². The van der Waals surface area contributed by atoms with Gasteiger partial charge in [-0.25, -0.2) is 9.97 Å². The molecule has 1 aromatic carbocycles. The van der Waals surface area contributed by atoms with Crippen molar-refractivity contribution in [2.45, 2.75) is 50.4 Å². The molecule has 2 saturated heterocycles. The molecule has 0 saturated carbocycles. The first-order valence-corrected chi connectivity index (χ1v) is 12.7. The molecule has 8 nitrogen and oxygen atoms in total. The predicted octanol–water partition coefficient (Wildman–Crippen LogP) is 4.28. The fourth-order valence-electron chi connectivity index (χ4n) is 5.55. The van der Waals surface area contributed by atoms with E-state index in [1.54, 1.807) is 24.7 Å². The number of nitrogens with one attached hydrogen (secondary N) is 1. The van der Waals surface area contributed by atoms with Crippen molar-refractivity contribution in [2.75, 3.05) is 20.2 Å². The van der Waals surface area contributed by atoms with Crippen LogP contribution in [0.15, 0.2) is 30.6 Å². The van der Waals surface area contributed by atoms with Crippen molar-refractivity contribution in [3.05, 3.63) is 41.9 Å². The lowest BCUT2D eigenvalue weighted by Crippen LogP contribution is -2.40. The molecule has 1 N–H and O–H groups in total. The van der Waals surface area contributed by atoms with E-state index in [0.29, 0.717) is 35.5 Å². The van der Waals surface area contributed by atoms with E-state index in [9.17, 15) is 23.2 Å². The zero-order chi connectivity index (χ0) is 27.0. The number of halogens is 3. The third-order valence-electron chi connectivity index (χ3n) is 7.54. The summed E-state index contributed by atoms with van der Waals surface area (Å²) in [5.74, 6) is 0.00471. The quantitative estimate of drug-likeness (QED) is 0.494. The number of piperidine rings is 1. The predicted molar refractivity (Wildman–Crippen MR) is 134 cm³/mol. The lowest BCUT2D eigenvalue weighted by Gasteiger charge is -2.30. The highest BCUT2D eigenvalue weighted by atomic mass is 19.4. The van der Waals surface area contributed by atoms with Crippen LogP contribution in [0.5, 0.6) is 5.75 Å². The summed E-state index contributed by atoms with van der Waals surface area (Å²) >= 11 is 0. The number of carbonyl (C=O) groups is 1.